The summed E-state index contributed by atoms with van der Waals surface area (Å²) in [4.78, 5) is 11.1. The number of halogens is 4. The topological polar surface area (TPSA) is 42.2 Å². The highest BCUT2D eigenvalue weighted by molar-refractivity contribution is 6.37. The molecule has 2 rings (SSSR count). The fraction of sp³-hybridized carbons (Fsp3) is 0.250. The lowest BCUT2D eigenvalue weighted by Crippen LogP contribution is -2.06. The Balaban J connectivity index is 2.92. The van der Waals surface area contributed by atoms with Gasteiger partial charge in [0, 0.05) is 12.4 Å². The first-order valence-corrected chi connectivity index (χ1v) is 5.62. The molecule has 0 saturated heterocycles. The van der Waals surface area contributed by atoms with Crippen LogP contribution >= 0.6 is 11.6 Å². The molecule has 19 heavy (non-hydrogen) atoms. The fourth-order valence-electron chi connectivity index (χ4n) is 2.22. The number of fused-ring (bicyclic) bond motifs is 1. The van der Waals surface area contributed by atoms with Gasteiger partial charge in [-0.2, -0.15) is 13.2 Å². The summed E-state index contributed by atoms with van der Waals surface area (Å²) >= 11 is 5.80. The van der Waals surface area contributed by atoms with Crippen LogP contribution in [0, 0.1) is 6.92 Å². The lowest BCUT2D eigenvalue weighted by Gasteiger charge is -2.10. The zero-order valence-electron chi connectivity index (χ0n) is 9.97. The van der Waals surface area contributed by atoms with E-state index < -0.39 is 22.7 Å². The Hall–Kier alpha value is -1.69. The molecule has 2 aromatic rings. The van der Waals surface area contributed by atoms with Gasteiger partial charge in [-0.3, -0.25) is 0 Å². The highest BCUT2D eigenvalue weighted by atomic mass is 35.5. The van der Waals surface area contributed by atoms with Crippen molar-refractivity contribution in [2.24, 2.45) is 7.05 Å². The van der Waals surface area contributed by atoms with Crippen molar-refractivity contribution in [1.82, 2.24) is 4.57 Å². The summed E-state index contributed by atoms with van der Waals surface area (Å²) in [7, 11) is 1.47. The maximum atomic E-state index is 12.8. The fourth-order valence-corrected chi connectivity index (χ4v) is 2.62. The van der Waals surface area contributed by atoms with E-state index in [1.165, 1.54) is 24.6 Å². The lowest BCUT2D eigenvalue weighted by molar-refractivity contribution is -0.137. The largest absolute Gasteiger partial charge is 0.477 e. The van der Waals surface area contributed by atoms with Crippen LogP contribution in [0.15, 0.2) is 12.1 Å². The number of hydrogen-bond acceptors (Lipinski definition) is 1. The molecule has 3 nitrogen and oxygen atoms in total. The number of carboxylic acids is 1. The van der Waals surface area contributed by atoms with Gasteiger partial charge in [0.15, 0.2) is 0 Å². The minimum Gasteiger partial charge on any atom is -0.477 e. The maximum Gasteiger partial charge on any atom is 0.417 e. The third-order valence-corrected chi connectivity index (χ3v) is 3.45. The van der Waals surface area contributed by atoms with E-state index in [1.54, 1.807) is 0 Å². The van der Waals surface area contributed by atoms with E-state index >= 15 is 0 Å². The van der Waals surface area contributed by atoms with Gasteiger partial charge in [0.05, 0.1) is 16.1 Å². The molecule has 102 valence electrons. The predicted molar refractivity (Wildman–Crippen MR) is 64.6 cm³/mol. The molecule has 0 bridgehead atoms. The third-order valence-electron chi connectivity index (χ3n) is 3.05. The first-order chi connectivity index (χ1) is 8.66. The molecule has 0 aliphatic heterocycles. The summed E-state index contributed by atoms with van der Waals surface area (Å²) in [5.74, 6) is -1.21. The Kier molecular flexibility index (Phi) is 3.01. The van der Waals surface area contributed by atoms with E-state index in [0.29, 0.717) is 5.52 Å². The molecule has 1 heterocycles. The van der Waals surface area contributed by atoms with Crippen molar-refractivity contribution in [3.63, 3.8) is 0 Å². The normalized spacial score (nSPS) is 12.1. The number of hydrogen-bond donors (Lipinski definition) is 1. The lowest BCUT2D eigenvalue weighted by atomic mass is 10.1. The minimum atomic E-state index is -4.57. The number of aryl methyl sites for hydroxylation is 2. The average molecular weight is 292 g/mol. The first-order valence-electron chi connectivity index (χ1n) is 5.24. The van der Waals surface area contributed by atoms with Crippen LogP contribution in [0.2, 0.25) is 5.02 Å². The number of alkyl halides is 3. The number of aromatic carboxylic acids is 1. The van der Waals surface area contributed by atoms with Gasteiger partial charge in [-0.25, -0.2) is 4.79 Å². The molecule has 7 heteroatoms. The highest BCUT2D eigenvalue weighted by Crippen LogP contribution is 2.40. The van der Waals surface area contributed by atoms with E-state index in [2.05, 4.69) is 0 Å². The quantitative estimate of drug-likeness (QED) is 0.867. The van der Waals surface area contributed by atoms with Crippen LogP contribution in [0.1, 0.15) is 21.6 Å². The van der Waals surface area contributed by atoms with Crippen LogP contribution in [0.5, 0.6) is 0 Å². The Morgan fingerprint density at radius 1 is 1.37 bits per heavy atom. The Morgan fingerprint density at radius 3 is 2.42 bits per heavy atom. The number of aromatic nitrogens is 1. The molecule has 1 aromatic heterocycles. The van der Waals surface area contributed by atoms with E-state index in [4.69, 9.17) is 16.7 Å². The molecule has 0 spiro atoms. The van der Waals surface area contributed by atoms with Crippen molar-refractivity contribution in [3.05, 3.63) is 34.0 Å². The van der Waals surface area contributed by atoms with E-state index in [0.717, 1.165) is 6.07 Å². The van der Waals surface area contributed by atoms with E-state index in [1.807, 2.05) is 0 Å². The summed E-state index contributed by atoms with van der Waals surface area (Å²) < 4.78 is 39.6. The summed E-state index contributed by atoms with van der Waals surface area (Å²) in [6, 6.07) is 2.08. The van der Waals surface area contributed by atoms with Crippen molar-refractivity contribution in [2.75, 3.05) is 0 Å². The number of carbonyl (C=O) groups is 1. The average Bonchev–Trinajstić information content (AvgIpc) is 2.50. The molecule has 1 N–H and O–H groups in total. The summed E-state index contributed by atoms with van der Waals surface area (Å²) in [6.07, 6.45) is -4.57. The van der Waals surface area contributed by atoms with Gasteiger partial charge in [-0.05, 0) is 24.6 Å². The van der Waals surface area contributed by atoms with Crippen molar-refractivity contribution in [1.29, 1.82) is 0 Å². The summed E-state index contributed by atoms with van der Waals surface area (Å²) in [6.45, 7) is 1.44. The van der Waals surface area contributed by atoms with Crippen molar-refractivity contribution >= 4 is 28.5 Å². The molecule has 1 aromatic carbocycles. The van der Waals surface area contributed by atoms with Crippen LogP contribution in [-0.4, -0.2) is 15.6 Å². The van der Waals surface area contributed by atoms with E-state index in [9.17, 15) is 18.0 Å². The molecule has 0 atom stereocenters. The second kappa shape index (κ2) is 4.16. The Labute approximate surface area is 111 Å². The van der Waals surface area contributed by atoms with E-state index in [-0.39, 0.29) is 16.6 Å². The van der Waals surface area contributed by atoms with Gasteiger partial charge in [0.25, 0.3) is 0 Å². The molecule has 0 fully saturated rings. The molecule has 0 radical (unpaired) electrons. The van der Waals surface area contributed by atoms with Crippen LogP contribution in [0.3, 0.4) is 0 Å². The van der Waals surface area contributed by atoms with Crippen LogP contribution in [0.25, 0.3) is 10.9 Å². The number of nitrogens with zero attached hydrogens (tertiary/aromatic N) is 1. The zero-order chi connectivity index (χ0) is 14.5. The smallest absolute Gasteiger partial charge is 0.417 e. The summed E-state index contributed by atoms with van der Waals surface area (Å²) in [5, 5.41) is 8.74. The SMILES string of the molecule is Cc1c(C(=O)O)n(C)c2ccc(C(F)(F)F)c(Cl)c12. The second-order valence-electron chi connectivity index (χ2n) is 4.16. The van der Waals surface area contributed by atoms with Crippen molar-refractivity contribution < 1.29 is 23.1 Å². The van der Waals surface area contributed by atoms with Gasteiger partial charge < -0.3 is 9.67 Å². The highest BCUT2D eigenvalue weighted by Gasteiger charge is 2.35. The third kappa shape index (κ3) is 1.96. The van der Waals surface area contributed by atoms with Crippen molar-refractivity contribution in [2.45, 2.75) is 13.1 Å². The molecule has 0 amide bonds. The zero-order valence-corrected chi connectivity index (χ0v) is 10.7. The Morgan fingerprint density at radius 2 is 1.95 bits per heavy atom. The molecule has 0 saturated carbocycles. The molecule has 0 aliphatic carbocycles. The van der Waals surface area contributed by atoms with Gasteiger partial charge in [-0.15, -0.1) is 0 Å². The van der Waals surface area contributed by atoms with Crippen LogP contribution in [0.4, 0.5) is 13.2 Å². The maximum absolute atomic E-state index is 12.8. The van der Waals surface area contributed by atoms with Crippen LogP contribution in [-0.2, 0) is 13.2 Å². The van der Waals surface area contributed by atoms with Crippen LogP contribution < -0.4 is 0 Å². The molecule has 0 aliphatic rings. The first kappa shape index (κ1) is 13.7. The number of benzene rings is 1. The Bertz CT molecular complexity index is 689. The van der Waals surface area contributed by atoms with Gasteiger partial charge in [-0.1, -0.05) is 11.6 Å². The predicted octanol–water partition coefficient (Wildman–Crippen LogP) is 3.86. The summed E-state index contributed by atoms with van der Waals surface area (Å²) in [5.41, 5.74) is -0.461. The van der Waals surface area contributed by atoms with Gasteiger partial charge in [0.2, 0.25) is 0 Å². The van der Waals surface area contributed by atoms with Gasteiger partial charge in [0.1, 0.15) is 5.69 Å². The minimum absolute atomic E-state index is 0.0729. The molecular formula is C12H9ClF3NO2. The standard InChI is InChI=1S/C12H9ClF3NO2/c1-5-8-7(17(2)10(5)11(18)19)4-3-6(9(8)13)12(14,15)16/h3-4H,1-2H3,(H,18,19). The number of rotatable bonds is 1. The monoisotopic (exact) mass is 291 g/mol. The second-order valence-corrected chi connectivity index (χ2v) is 4.53. The number of carboxylic acid groups (broad SMARTS) is 1. The van der Waals surface area contributed by atoms with Gasteiger partial charge >= 0.3 is 12.1 Å². The van der Waals surface area contributed by atoms with Crippen molar-refractivity contribution in [3.8, 4) is 0 Å². The molecule has 0 unspecified atom stereocenters. The molecular weight excluding hydrogens is 283 g/mol.